The van der Waals surface area contributed by atoms with Crippen molar-refractivity contribution in [3.8, 4) is 11.5 Å². The molecule has 1 saturated carbocycles. The zero-order chi connectivity index (χ0) is 20.7. The van der Waals surface area contributed by atoms with E-state index in [1.165, 1.54) is 24.3 Å². The van der Waals surface area contributed by atoms with E-state index in [0.29, 0.717) is 11.5 Å². The summed E-state index contributed by atoms with van der Waals surface area (Å²) in [6.07, 6.45) is -7.02. The first-order valence-corrected chi connectivity index (χ1v) is 9.04. The van der Waals surface area contributed by atoms with E-state index in [0.717, 1.165) is 0 Å². The summed E-state index contributed by atoms with van der Waals surface area (Å²) in [5, 5.41) is 0. The van der Waals surface area contributed by atoms with Crippen molar-refractivity contribution in [2.24, 2.45) is 16.7 Å². The molecule has 0 saturated heterocycles. The maximum atomic E-state index is 13.6. The second kappa shape index (κ2) is 6.83. The molecule has 1 aliphatic rings. The summed E-state index contributed by atoms with van der Waals surface area (Å²) in [4.78, 5) is 12.4. The van der Waals surface area contributed by atoms with Crippen LogP contribution in [0, 0.1) is 16.7 Å². The molecule has 0 heterocycles. The fraction of sp³-hybridized carbons (Fsp3) is 0.409. The highest BCUT2D eigenvalue weighted by Gasteiger charge is 2.69. The van der Waals surface area contributed by atoms with Gasteiger partial charge in [0, 0.05) is 5.56 Å². The maximum absolute atomic E-state index is 13.6. The molecule has 2 aromatic rings. The number of carbonyl (C=O) groups excluding carboxylic acids is 1. The molecule has 0 aromatic heterocycles. The highest BCUT2D eigenvalue weighted by Crippen LogP contribution is 2.69. The lowest BCUT2D eigenvalue weighted by molar-refractivity contribution is -0.225. The normalized spacial score (nSPS) is 19.0. The Morgan fingerprint density at radius 3 is 1.86 bits per heavy atom. The van der Waals surface area contributed by atoms with Crippen LogP contribution in [0.5, 0.6) is 11.5 Å². The van der Waals surface area contributed by atoms with Crippen LogP contribution < -0.4 is 4.74 Å². The number of alkyl halides is 3. The molecule has 0 spiro atoms. The molecule has 1 atom stereocenters. The van der Waals surface area contributed by atoms with Gasteiger partial charge in [0.15, 0.2) is 0 Å². The second-order valence-corrected chi connectivity index (χ2v) is 8.22. The van der Waals surface area contributed by atoms with E-state index in [-0.39, 0.29) is 5.56 Å². The number of para-hydroxylation sites is 1. The number of ether oxygens (including phenoxy) is 2. The van der Waals surface area contributed by atoms with E-state index in [1.54, 1.807) is 24.3 Å². The van der Waals surface area contributed by atoms with Crippen molar-refractivity contribution in [2.45, 2.75) is 40.0 Å². The van der Waals surface area contributed by atoms with Crippen LogP contribution in [0.2, 0.25) is 0 Å². The lowest BCUT2D eigenvalue weighted by Gasteiger charge is -2.22. The molecule has 2 aromatic carbocycles. The van der Waals surface area contributed by atoms with E-state index < -0.39 is 35.0 Å². The zero-order valence-corrected chi connectivity index (χ0v) is 16.2. The Morgan fingerprint density at radius 2 is 1.39 bits per heavy atom. The SMILES string of the molecule is CC1(C)C(C(=O)OC(c2ccc(Oc3ccccc3)cc2)C(F)(F)F)C1(C)C. The van der Waals surface area contributed by atoms with Gasteiger partial charge < -0.3 is 9.47 Å². The summed E-state index contributed by atoms with van der Waals surface area (Å²) in [7, 11) is 0. The van der Waals surface area contributed by atoms with Crippen LogP contribution in [0.15, 0.2) is 54.6 Å². The second-order valence-electron chi connectivity index (χ2n) is 8.22. The molecule has 28 heavy (non-hydrogen) atoms. The van der Waals surface area contributed by atoms with Crippen LogP contribution in [-0.4, -0.2) is 12.1 Å². The van der Waals surface area contributed by atoms with Gasteiger partial charge >= 0.3 is 12.1 Å². The molecule has 3 rings (SSSR count). The Balaban J connectivity index is 1.76. The van der Waals surface area contributed by atoms with Crippen molar-refractivity contribution in [1.29, 1.82) is 0 Å². The fourth-order valence-electron chi connectivity index (χ4n) is 3.63. The first-order valence-electron chi connectivity index (χ1n) is 9.04. The lowest BCUT2D eigenvalue weighted by atomic mass is 10.0. The monoisotopic (exact) mass is 392 g/mol. The Bertz CT molecular complexity index is 826. The first kappa shape index (κ1) is 20.2. The Labute approximate surface area is 162 Å². The molecule has 1 fully saturated rings. The number of hydrogen-bond donors (Lipinski definition) is 0. The average molecular weight is 392 g/mol. The predicted octanol–water partition coefficient (Wildman–Crippen LogP) is 6.31. The Morgan fingerprint density at radius 1 is 0.893 bits per heavy atom. The summed E-state index contributed by atoms with van der Waals surface area (Å²) in [6.45, 7) is 7.43. The van der Waals surface area contributed by atoms with Gasteiger partial charge in [0.25, 0.3) is 0 Å². The summed E-state index contributed by atoms with van der Waals surface area (Å²) in [5.74, 6) is -0.411. The van der Waals surface area contributed by atoms with Crippen LogP contribution >= 0.6 is 0 Å². The third-order valence-corrected chi connectivity index (χ3v) is 5.95. The van der Waals surface area contributed by atoms with Crippen LogP contribution in [0.4, 0.5) is 13.2 Å². The highest BCUT2D eigenvalue weighted by atomic mass is 19.4. The van der Waals surface area contributed by atoms with Crippen LogP contribution in [0.3, 0.4) is 0 Å². The van der Waals surface area contributed by atoms with E-state index >= 15 is 0 Å². The van der Waals surface area contributed by atoms with Gasteiger partial charge in [-0.3, -0.25) is 4.79 Å². The van der Waals surface area contributed by atoms with Gasteiger partial charge in [-0.25, -0.2) is 0 Å². The van der Waals surface area contributed by atoms with Crippen LogP contribution in [0.25, 0.3) is 0 Å². The van der Waals surface area contributed by atoms with Crippen LogP contribution in [0.1, 0.15) is 39.4 Å². The number of hydrogen-bond acceptors (Lipinski definition) is 3. The van der Waals surface area contributed by atoms with E-state index in [9.17, 15) is 18.0 Å². The minimum Gasteiger partial charge on any atom is -0.457 e. The summed E-state index contributed by atoms with van der Waals surface area (Å²) >= 11 is 0. The smallest absolute Gasteiger partial charge is 0.429 e. The summed E-state index contributed by atoms with van der Waals surface area (Å²) in [5.41, 5.74) is -0.932. The molecular weight excluding hydrogens is 369 g/mol. The minimum atomic E-state index is -4.71. The average Bonchev–Trinajstić information content (AvgIpc) is 3.02. The summed E-state index contributed by atoms with van der Waals surface area (Å²) < 4.78 is 51.3. The number of esters is 1. The Hall–Kier alpha value is -2.50. The van der Waals surface area contributed by atoms with Crippen molar-refractivity contribution in [3.05, 3.63) is 60.2 Å². The van der Waals surface area contributed by atoms with Crippen LogP contribution in [-0.2, 0) is 9.53 Å². The predicted molar refractivity (Wildman–Crippen MR) is 98.9 cm³/mol. The van der Waals surface area contributed by atoms with Gasteiger partial charge in [-0.2, -0.15) is 13.2 Å². The standard InChI is InChI=1S/C22H23F3O3/c1-20(2)17(21(20,3)4)19(26)28-18(22(23,24)25)14-10-12-16(13-11-14)27-15-8-6-5-7-9-15/h5-13,17-18H,1-4H3. The van der Waals surface area contributed by atoms with Gasteiger partial charge in [0.05, 0.1) is 5.92 Å². The first-order chi connectivity index (χ1) is 12.9. The maximum Gasteiger partial charge on any atom is 0.429 e. The van der Waals surface area contributed by atoms with Gasteiger partial charge in [-0.1, -0.05) is 58.0 Å². The quantitative estimate of drug-likeness (QED) is 0.560. The minimum absolute atomic E-state index is 0.141. The van der Waals surface area contributed by atoms with E-state index in [4.69, 9.17) is 9.47 Å². The topological polar surface area (TPSA) is 35.5 Å². The highest BCUT2D eigenvalue weighted by molar-refractivity contribution is 5.79. The van der Waals surface area contributed by atoms with Crippen molar-refractivity contribution >= 4 is 5.97 Å². The van der Waals surface area contributed by atoms with Gasteiger partial charge in [-0.15, -0.1) is 0 Å². The molecule has 0 N–H and O–H groups in total. The molecule has 0 amide bonds. The van der Waals surface area contributed by atoms with Crippen molar-refractivity contribution in [1.82, 2.24) is 0 Å². The van der Waals surface area contributed by atoms with Gasteiger partial charge in [0.1, 0.15) is 11.5 Å². The van der Waals surface area contributed by atoms with E-state index in [1.807, 2.05) is 33.8 Å². The van der Waals surface area contributed by atoms with Crippen molar-refractivity contribution < 1.29 is 27.4 Å². The molecule has 0 aliphatic heterocycles. The van der Waals surface area contributed by atoms with Crippen molar-refractivity contribution in [2.75, 3.05) is 0 Å². The molecule has 1 aliphatic carbocycles. The molecule has 0 radical (unpaired) electrons. The molecule has 0 bridgehead atoms. The number of benzene rings is 2. The Kier molecular flexibility index (Phi) is 4.94. The molecule has 3 nitrogen and oxygen atoms in total. The van der Waals surface area contributed by atoms with Gasteiger partial charge in [-0.05, 0) is 35.1 Å². The fourth-order valence-corrected chi connectivity index (χ4v) is 3.63. The lowest BCUT2D eigenvalue weighted by Crippen LogP contribution is -2.27. The molecular formula is C22H23F3O3. The molecule has 6 heteroatoms. The number of carbonyl (C=O) groups is 1. The van der Waals surface area contributed by atoms with E-state index in [2.05, 4.69) is 0 Å². The third-order valence-electron chi connectivity index (χ3n) is 5.95. The zero-order valence-electron chi connectivity index (χ0n) is 16.2. The van der Waals surface area contributed by atoms with Crippen molar-refractivity contribution in [3.63, 3.8) is 0 Å². The third kappa shape index (κ3) is 3.73. The summed E-state index contributed by atoms with van der Waals surface area (Å²) in [6, 6.07) is 14.3. The number of rotatable bonds is 5. The molecule has 150 valence electrons. The van der Waals surface area contributed by atoms with Gasteiger partial charge in [0.2, 0.25) is 6.10 Å². The largest absolute Gasteiger partial charge is 0.457 e. The molecule has 1 unspecified atom stereocenters. The number of halogens is 3.